The lowest BCUT2D eigenvalue weighted by molar-refractivity contribution is -0.143. The highest BCUT2D eigenvalue weighted by Gasteiger charge is 2.30. The number of aliphatic carboxylic acids is 1. The van der Waals surface area contributed by atoms with Crippen molar-refractivity contribution in [3.8, 4) is 5.69 Å². The second-order valence-electron chi connectivity index (χ2n) is 6.80. The topological polar surface area (TPSA) is 97.1 Å². The molecule has 26 heavy (non-hydrogen) atoms. The number of rotatable bonds is 5. The van der Waals surface area contributed by atoms with E-state index in [9.17, 15) is 14.7 Å². The van der Waals surface area contributed by atoms with E-state index >= 15 is 0 Å². The fourth-order valence-corrected chi connectivity index (χ4v) is 3.52. The summed E-state index contributed by atoms with van der Waals surface area (Å²) in [6, 6.07) is 9.30. The second-order valence-corrected chi connectivity index (χ2v) is 6.80. The van der Waals surface area contributed by atoms with Gasteiger partial charge in [-0.05, 0) is 31.9 Å². The Labute approximate surface area is 152 Å². The molecule has 0 saturated heterocycles. The first-order chi connectivity index (χ1) is 12.6. The summed E-state index contributed by atoms with van der Waals surface area (Å²) in [6.45, 7) is 1.88. The fraction of sp³-hybridized carbons (Fsp3) is 0.474. The van der Waals surface area contributed by atoms with Gasteiger partial charge >= 0.3 is 5.97 Å². The van der Waals surface area contributed by atoms with Crippen molar-refractivity contribution in [2.24, 2.45) is 5.92 Å². The third-order valence-corrected chi connectivity index (χ3v) is 5.00. The van der Waals surface area contributed by atoms with Crippen LogP contribution in [0.1, 0.15) is 43.5 Å². The van der Waals surface area contributed by atoms with Crippen molar-refractivity contribution < 1.29 is 14.7 Å². The van der Waals surface area contributed by atoms with Gasteiger partial charge in [-0.1, -0.05) is 42.7 Å². The van der Waals surface area contributed by atoms with Crippen molar-refractivity contribution >= 4 is 11.9 Å². The zero-order valence-electron chi connectivity index (χ0n) is 14.9. The molecule has 2 atom stereocenters. The molecule has 0 spiro atoms. The molecule has 0 bridgehead atoms. The van der Waals surface area contributed by atoms with E-state index in [1.165, 1.54) is 0 Å². The Morgan fingerprint density at radius 2 is 1.92 bits per heavy atom. The highest BCUT2D eigenvalue weighted by atomic mass is 16.4. The third kappa shape index (κ3) is 4.09. The number of aromatic nitrogens is 3. The third-order valence-electron chi connectivity index (χ3n) is 5.00. The number of carbonyl (C=O) groups excluding carboxylic acids is 1. The first-order valence-electron chi connectivity index (χ1n) is 9.05. The van der Waals surface area contributed by atoms with Crippen LogP contribution in [0.15, 0.2) is 30.3 Å². The van der Waals surface area contributed by atoms with Crippen molar-refractivity contribution in [1.82, 2.24) is 20.3 Å². The Morgan fingerprint density at radius 3 is 2.65 bits per heavy atom. The van der Waals surface area contributed by atoms with Crippen molar-refractivity contribution in [1.29, 1.82) is 0 Å². The molecule has 2 aromatic rings. The molecule has 3 rings (SSSR count). The van der Waals surface area contributed by atoms with Crippen LogP contribution in [0.4, 0.5) is 0 Å². The number of amides is 1. The minimum absolute atomic E-state index is 0.0987. The van der Waals surface area contributed by atoms with Crippen molar-refractivity contribution in [2.45, 2.75) is 51.5 Å². The number of para-hydroxylation sites is 1. The molecule has 7 heteroatoms. The van der Waals surface area contributed by atoms with Crippen molar-refractivity contribution in [3.63, 3.8) is 0 Å². The standard InChI is InChI=1S/C19H24N4O3/c1-13-17(21-22-23(13)14-8-4-2-5-9-14)12-18(24)20-16-11-7-3-6-10-15(16)19(25)26/h2,4-5,8-9,15-16H,3,6-7,10-12H2,1H3,(H,20,24)(H,25,26)/t15-,16+/m1/s1. The van der Waals surface area contributed by atoms with Crippen LogP contribution in [0.3, 0.4) is 0 Å². The Morgan fingerprint density at radius 1 is 1.19 bits per heavy atom. The van der Waals surface area contributed by atoms with Gasteiger partial charge in [0.15, 0.2) is 0 Å². The number of hydrogen-bond donors (Lipinski definition) is 2. The van der Waals surface area contributed by atoms with E-state index in [0.717, 1.165) is 30.6 Å². The SMILES string of the molecule is Cc1c(CC(=O)N[C@H]2CCCCC[C@H]2C(=O)O)nnn1-c1ccccc1. The molecule has 0 aliphatic heterocycles. The summed E-state index contributed by atoms with van der Waals surface area (Å²) in [5, 5.41) is 20.6. The molecule has 1 saturated carbocycles. The van der Waals surface area contributed by atoms with Gasteiger partial charge in [-0.15, -0.1) is 5.10 Å². The highest BCUT2D eigenvalue weighted by Crippen LogP contribution is 2.24. The van der Waals surface area contributed by atoms with Gasteiger partial charge in [-0.25, -0.2) is 4.68 Å². The predicted molar refractivity (Wildman–Crippen MR) is 95.9 cm³/mol. The van der Waals surface area contributed by atoms with E-state index in [2.05, 4.69) is 15.6 Å². The van der Waals surface area contributed by atoms with Crippen LogP contribution in [-0.4, -0.2) is 38.0 Å². The van der Waals surface area contributed by atoms with Crippen LogP contribution in [0, 0.1) is 12.8 Å². The van der Waals surface area contributed by atoms with Gasteiger partial charge in [0.2, 0.25) is 5.91 Å². The zero-order valence-corrected chi connectivity index (χ0v) is 14.9. The molecule has 1 aromatic carbocycles. The molecule has 2 N–H and O–H groups in total. The van der Waals surface area contributed by atoms with Gasteiger partial charge in [-0.2, -0.15) is 0 Å². The number of hydrogen-bond acceptors (Lipinski definition) is 4. The molecule has 1 aliphatic carbocycles. The molecule has 0 unspecified atom stereocenters. The molecule has 1 heterocycles. The monoisotopic (exact) mass is 356 g/mol. The molecule has 1 aromatic heterocycles. The van der Waals surface area contributed by atoms with Crippen LogP contribution in [-0.2, 0) is 16.0 Å². The number of nitrogens with one attached hydrogen (secondary N) is 1. The number of nitrogens with zero attached hydrogens (tertiary/aromatic N) is 3. The Hall–Kier alpha value is -2.70. The molecule has 1 fully saturated rings. The van der Waals surface area contributed by atoms with E-state index in [-0.39, 0.29) is 18.4 Å². The largest absolute Gasteiger partial charge is 0.481 e. The Balaban J connectivity index is 1.68. The van der Waals surface area contributed by atoms with Crippen LogP contribution < -0.4 is 5.32 Å². The molecular weight excluding hydrogens is 332 g/mol. The average molecular weight is 356 g/mol. The number of carbonyl (C=O) groups is 2. The van der Waals surface area contributed by atoms with Crippen LogP contribution >= 0.6 is 0 Å². The van der Waals surface area contributed by atoms with Gasteiger partial charge in [0, 0.05) is 6.04 Å². The van der Waals surface area contributed by atoms with Crippen LogP contribution in [0.5, 0.6) is 0 Å². The van der Waals surface area contributed by atoms with E-state index in [1.54, 1.807) is 4.68 Å². The maximum atomic E-state index is 12.5. The highest BCUT2D eigenvalue weighted by molar-refractivity contribution is 5.80. The smallest absolute Gasteiger partial charge is 0.308 e. The average Bonchev–Trinajstić information content (AvgIpc) is 2.83. The minimum atomic E-state index is -0.830. The molecule has 1 amide bonds. The summed E-state index contributed by atoms with van der Waals surface area (Å²) in [6.07, 6.45) is 4.27. The van der Waals surface area contributed by atoms with Crippen molar-refractivity contribution in [2.75, 3.05) is 0 Å². The normalized spacial score (nSPS) is 20.3. The van der Waals surface area contributed by atoms with Gasteiger partial charge in [0.25, 0.3) is 0 Å². The minimum Gasteiger partial charge on any atom is -0.481 e. The number of benzene rings is 1. The Bertz CT molecular complexity index is 772. The van der Waals surface area contributed by atoms with Gasteiger partial charge in [0.05, 0.1) is 29.4 Å². The lowest BCUT2D eigenvalue weighted by Gasteiger charge is -2.22. The van der Waals surface area contributed by atoms with Gasteiger partial charge in [-0.3, -0.25) is 9.59 Å². The summed E-state index contributed by atoms with van der Waals surface area (Å²) in [7, 11) is 0. The summed E-state index contributed by atoms with van der Waals surface area (Å²) in [5.74, 6) is -1.54. The summed E-state index contributed by atoms with van der Waals surface area (Å²) in [4.78, 5) is 24.0. The van der Waals surface area contributed by atoms with Crippen molar-refractivity contribution in [3.05, 3.63) is 41.7 Å². The molecular formula is C19H24N4O3. The van der Waals surface area contributed by atoms with E-state index in [0.29, 0.717) is 18.5 Å². The molecule has 0 radical (unpaired) electrons. The summed E-state index contributed by atoms with van der Waals surface area (Å²) in [5.41, 5.74) is 2.30. The molecule has 7 nitrogen and oxygen atoms in total. The van der Waals surface area contributed by atoms with E-state index in [4.69, 9.17) is 0 Å². The molecule has 1 aliphatic rings. The fourth-order valence-electron chi connectivity index (χ4n) is 3.52. The van der Waals surface area contributed by atoms with Gasteiger partial charge < -0.3 is 10.4 Å². The lowest BCUT2D eigenvalue weighted by atomic mass is 9.94. The van der Waals surface area contributed by atoms with E-state index in [1.807, 2.05) is 37.3 Å². The zero-order chi connectivity index (χ0) is 18.5. The van der Waals surface area contributed by atoms with Crippen LogP contribution in [0.25, 0.3) is 5.69 Å². The number of carboxylic acid groups (broad SMARTS) is 1. The maximum Gasteiger partial charge on any atom is 0.308 e. The molecule has 138 valence electrons. The number of carboxylic acids is 1. The summed E-state index contributed by atoms with van der Waals surface area (Å²) >= 11 is 0. The van der Waals surface area contributed by atoms with E-state index < -0.39 is 11.9 Å². The quantitative estimate of drug-likeness (QED) is 0.801. The Kier molecular flexibility index (Phi) is 5.65. The van der Waals surface area contributed by atoms with Gasteiger partial charge in [0.1, 0.15) is 0 Å². The predicted octanol–water partition coefficient (Wildman–Crippen LogP) is 2.27. The van der Waals surface area contributed by atoms with Crippen LogP contribution in [0.2, 0.25) is 0 Å². The maximum absolute atomic E-state index is 12.5. The lowest BCUT2D eigenvalue weighted by Crippen LogP contribution is -2.43. The summed E-state index contributed by atoms with van der Waals surface area (Å²) < 4.78 is 1.70. The first kappa shape index (κ1) is 18.1. The first-order valence-corrected chi connectivity index (χ1v) is 9.05. The second kappa shape index (κ2) is 8.12.